The highest BCUT2D eigenvalue weighted by Crippen LogP contribution is 2.23. The van der Waals surface area contributed by atoms with Crippen molar-refractivity contribution in [2.75, 3.05) is 13.1 Å². The van der Waals surface area contributed by atoms with E-state index in [0.29, 0.717) is 6.17 Å². The second kappa shape index (κ2) is 29.0. The van der Waals surface area contributed by atoms with E-state index in [1.54, 1.807) is 0 Å². The number of hydrogen-bond acceptors (Lipinski definition) is 2. The largest absolute Gasteiger partial charge is 0.356 e. The summed E-state index contributed by atoms with van der Waals surface area (Å²) in [5.41, 5.74) is 1.47. The number of rotatable bonds is 32. The van der Waals surface area contributed by atoms with Crippen molar-refractivity contribution < 1.29 is 0 Å². The van der Waals surface area contributed by atoms with Gasteiger partial charge in [-0.1, -0.05) is 211 Å². The Bertz CT molecular complexity index is 743. The first-order valence-corrected chi connectivity index (χ1v) is 20.1. The van der Waals surface area contributed by atoms with Crippen LogP contribution >= 0.6 is 0 Å². The summed E-state index contributed by atoms with van der Waals surface area (Å²) in [6.07, 6.45) is 46.5. The summed E-state index contributed by atoms with van der Waals surface area (Å²) in [4.78, 5) is 5.30. The Kier molecular flexibility index (Phi) is 25.5. The molecule has 0 aromatic heterocycles. The summed E-state index contributed by atoms with van der Waals surface area (Å²) in [6, 6.07) is 11.2. The van der Waals surface area contributed by atoms with E-state index in [4.69, 9.17) is 0 Å². The third kappa shape index (κ3) is 20.6. The number of nitrogens with zero attached hydrogens (tertiary/aromatic N) is 2. The average Bonchev–Trinajstić information content (AvgIpc) is 3.42. The van der Waals surface area contributed by atoms with Gasteiger partial charge in [0.15, 0.2) is 0 Å². The molecule has 1 unspecified atom stereocenters. The SMILES string of the molecule is CCCCCCCCCCCCCCCCCCCN1C=CN(CCCCCCCCCCCCC)C1Cc1ccccc1. The van der Waals surface area contributed by atoms with Gasteiger partial charge in [-0.3, -0.25) is 0 Å². The first kappa shape index (κ1) is 38.7. The fraction of sp³-hybridized carbons (Fsp3) is 0.810. The smallest absolute Gasteiger partial charge is 0.105 e. The summed E-state index contributed by atoms with van der Waals surface area (Å²) in [7, 11) is 0. The van der Waals surface area contributed by atoms with Crippen LogP contribution in [0.4, 0.5) is 0 Å². The second-order valence-corrected chi connectivity index (χ2v) is 14.1. The van der Waals surface area contributed by atoms with E-state index in [2.05, 4.69) is 66.4 Å². The molecule has 0 N–H and O–H groups in total. The standard InChI is InChI=1S/C42H76N2/c1-3-5-7-9-11-13-15-16-17-18-19-20-22-24-26-28-33-37-44-39-38-43(42(44)40-41-34-30-29-31-35-41)36-32-27-25-23-21-14-12-10-8-6-4-2/h29-31,34-35,38-39,42H,3-28,32-33,36-37,40H2,1-2H3. The zero-order valence-electron chi connectivity index (χ0n) is 29.9. The van der Waals surface area contributed by atoms with Crippen LogP contribution in [0.25, 0.3) is 0 Å². The molecule has 1 aliphatic heterocycles. The highest BCUT2D eigenvalue weighted by atomic mass is 15.4. The van der Waals surface area contributed by atoms with Gasteiger partial charge in [-0.2, -0.15) is 0 Å². The van der Waals surface area contributed by atoms with Crippen LogP contribution in [0.2, 0.25) is 0 Å². The Morgan fingerprint density at radius 2 is 0.682 bits per heavy atom. The van der Waals surface area contributed by atoms with Crippen LogP contribution in [0, 0.1) is 0 Å². The van der Waals surface area contributed by atoms with Crippen molar-refractivity contribution in [1.29, 1.82) is 0 Å². The van der Waals surface area contributed by atoms with E-state index in [1.807, 2.05) is 0 Å². The summed E-state index contributed by atoms with van der Waals surface area (Å²) in [5.74, 6) is 0. The van der Waals surface area contributed by atoms with Gasteiger partial charge < -0.3 is 9.80 Å². The Hall–Kier alpha value is -1.44. The van der Waals surface area contributed by atoms with Crippen molar-refractivity contribution in [2.24, 2.45) is 0 Å². The van der Waals surface area contributed by atoms with Crippen molar-refractivity contribution in [2.45, 2.75) is 206 Å². The van der Waals surface area contributed by atoms with E-state index in [9.17, 15) is 0 Å². The van der Waals surface area contributed by atoms with Crippen LogP contribution in [0.5, 0.6) is 0 Å². The molecule has 0 aliphatic carbocycles. The predicted molar refractivity (Wildman–Crippen MR) is 197 cm³/mol. The van der Waals surface area contributed by atoms with Gasteiger partial charge in [-0.15, -0.1) is 0 Å². The molecule has 1 aromatic carbocycles. The van der Waals surface area contributed by atoms with Crippen LogP contribution in [0.15, 0.2) is 42.7 Å². The molecule has 1 aromatic rings. The molecule has 1 heterocycles. The topological polar surface area (TPSA) is 6.48 Å². The highest BCUT2D eigenvalue weighted by molar-refractivity contribution is 5.17. The zero-order chi connectivity index (χ0) is 31.2. The Morgan fingerprint density at radius 1 is 0.386 bits per heavy atom. The van der Waals surface area contributed by atoms with E-state index < -0.39 is 0 Å². The summed E-state index contributed by atoms with van der Waals surface area (Å²) >= 11 is 0. The molecule has 2 rings (SSSR count). The quantitative estimate of drug-likeness (QED) is 0.0751. The molecule has 0 fully saturated rings. The Morgan fingerprint density at radius 3 is 1.00 bits per heavy atom. The lowest BCUT2D eigenvalue weighted by molar-refractivity contribution is 0.148. The maximum Gasteiger partial charge on any atom is 0.105 e. The molecule has 0 saturated carbocycles. The molecule has 0 bridgehead atoms. The lowest BCUT2D eigenvalue weighted by Crippen LogP contribution is -2.41. The van der Waals surface area contributed by atoms with E-state index in [0.717, 1.165) is 6.42 Å². The molecule has 0 saturated heterocycles. The van der Waals surface area contributed by atoms with Crippen LogP contribution in [0.1, 0.15) is 199 Å². The first-order chi connectivity index (χ1) is 21.8. The van der Waals surface area contributed by atoms with Gasteiger partial charge in [0.25, 0.3) is 0 Å². The minimum absolute atomic E-state index is 0.501. The maximum atomic E-state index is 2.65. The predicted octanol–water partition coefficient (Wildman–Crippen LogP) is 13.6. The molecule has 0 amide bonds. The van der Waals surface area contributed by atoms with Gasteiger partial charge in [0, 0.05) is 31.9 Å². The van der Waals surface area contributed by atoms with Gasteiger partial charge in [-0.05, 0) is 18.4 Å². The lowest BCUT2D eigenvalue weighted by Gasteiger charge is -2.33. The lowest BCUT2D eigenvalue weighted by atomic mass is 10.0. The molecule has 0 spiro atoms. The number of unbranched alkanes of at least 4 members (excludes halogenated alkanes) is 26. The molecule has 0 radical (unpaired) electrons. The third-order valence-corrected chi connectivity index (χ3v) is 10.0. The Labute approximate surface area is 276 Å². The summed E-state index contributed by atoms with van der Waals surface area (Å²) < 4.78 is 0. The normalized spacial score (nSPS) is 14.7. The van der Waals surface area contributed by atoms with Crippen molar-refractivity contribution in [3.05, 3.63) is 48.3 Å². The van der Waals surface area contributed by atoms with Crippen LogP contribution in [-0.2, 0) is 6.42 Å². The molecule has 2 heteroatoms. The third-order valence-electron chi connectivity index (χ3n) is 10.0. The molecule has 2 nitrogen and oxygen atoms in total. The van der Waals surface area contributed by atoms with Gasteiger partial charge in [0.1, 0.15) is 6.17 Å². The fourth-order valence-corrected chi connectivity index (χ4v) is 7.04. The average molecular weight is 609 g/mol. The van der Waals surface area contributed by atoms with Crippen molar-refractivity contribution in [1.82, 2.24) is 9.80 Å². The second-order valence-electron chi connectivity index (χ2n) is 14.1. The number of hydrogen-bond donors (Lipinski definition) is 0. The van der Waals surface area contributed by atoms with Crippen LogP contribution in [0.3, 0.4) is 0 Å². The van der Waals surface area contributed by atoms with Crippen molar-refractivity contribution in [3.8, 4) is 0 Å². The molecular formula is C42H76N2. The highest BCUT2D eigenvalue weighted by Gasteiger charge is 2.25. The van der Waals surface area contributed by atoms with E-state index >= 15 is 0 Å². The summed E-state index contributed by atoms with van der Waals surface area (Å²) in [5, 5.41) is 0. The van der Waals surface area contributed by atoms with Crippen LogP contribution in [-0.4, -0.2) is 29.1 Å². The van der Waals surface area contributed by atoms with E-state index in [-0.39, 0.29) is 0 Å². The van der Waals surface area contributed by atoms with Gasteiger partial charge in [-0.25, -0.2) is 0 Å². The van der Waals surface area contributed by atoms with Crippen molar-refractivity contribution >= 4 is 0 Å². The summed E-state index contributed by atoms with van der Waals surface area (Å²) in [6.45, 7) is 7.03. The number of benzene rings is 1. The van der Waals surface area contributed by atoms with Crippen LogP contribution < -0.4 is 0 Å². The van der Waals surface area contributed by atoms with Gasteiger partial charge >= 0.3 is 0 Å². The Balaban J connectivity index is 1.50. The van der Waals surface area contributed by atoms with Gasteiger partial charge in [0.2, 0.25) is 0 Å². The molecular weight excluding hydrogens is 532 g/mol. The van der Waals surface area contributed by atoms with Gasteiger partial charge in [0.05, 0.1) is 0 Å². The monoisotopic (exact) mass is 609 g/mol. The molecule has 44 heavy (non-hydrogen) atoms. The molecule has 1 aliphatic rings. The first-order valence-electron chi connectivity index (χ1n) is 20.1. The fourth-order valence-electron chi connectivity index (χ4n) is 7.04. The minimum Gasteiger partial charge on any atom is -0.356 e. The zero-order valence-corrected chi connectivity index (χ0v) is 29.9. The van der Waals surface area contributed by atoms with E-state index in [1.165, 1.54) is 198 Å². The molecule has 1 atom stereocenters. The minimum atomic E-state index is 0.501. The molecule has 254 valence electrons. The maximum absolute atomic E-state index is 2.65. The van der Waals surface area contributed by atoms with Crippen molar-refractivity contribution in [3.63, 3.8) is 0 Å².